The van der Waals surface area contributed by atoms with Gasteiger partial charge in [0.05, 0.1) is 4.92 Å². The predicted octanol–water partition coefficient (Wildman–Crippen LogP) is 6.52. The molecule has 0 bridgehead atoms. The number of non-ortho nitro benzene ring substituents is 1. The molecule has 134 valence electrons. The molecule has 0 radical (unpaired) electrons. The van der Waals surface area contributed by atoms with Crippen LogP contribution < -0.4 is 0 Å². The Morgan fingerprint density at radius 2 is 1.74 bits per heavy atom. The van der Waals surface area contributed by atoms with Crippen molar-refractivity contribution in [3.63, 3.8) is 0 Å². The van der Waals surface area contributed by atoms with E-state index in [1.807, 2.05) is 18.2 Å². The third-order valence-electron chi connectivity index (χ3n) is 5.06. The smallest absolute Gasteiger partial charge is 0.258 e. The highest BCUT2D eigenvalue weighted by Gasteiger charge is 2.23. The summed E-state index contributed by atoms with van der Waals surface area (Å²) in [6.07, 6.45) is 4.13. The maximum atomic E-state index is 10.9. The summed E-state index contributed by atoms with van der Waals surface area (Å²) in [6, 6.07) is 23.9. The molecular weight excluding hydrogens is 402 g/mol. The van der Waals surface area contributed by atoms with Gasteiger partial charge in [0, 0.05) is 16.6 Å². The Kier molecular flexibility index (Phi) is 4.90. The van der Waals surface area contributed by atoms with Crippen LogP contribution in [0.5, 0.6) is 0 Å². The number of hydrogen-bond donors (Lipinski definition) is 0. The molecular formula is C23H18BrNO2. The topological polar surface area (TPSA) is 43.1 Å². The third kappa shape index (κ3) is 3.71. The highest BCUT2D eigenvalue weighted by Crippen LogP contribution is 2.40. The second-order valence-corrected chi connectivity index (χ2v) is 7.69. The van der Waals surface area contributed by atoms with Crippen molar-refractivity contribution in [2.75, 3.05) is 0 Å². The van der Waals surface area contributed by atoms with Crippen molar-refractivity contribution in [2.24, 2.45) is 0 Å². The molecule has 0 saturated heterocycles. The highest BCUT2D eigenvalue weighted by molar-refractivity contribution is 9.10. The van der Waals surface area contributed by atoms with Crippen LogP contribution in [-0.4, -0.2) is 4.92 Å². The Balaban J connectivity index is 1.67. The summed E-state index contributed by atoms with van der Waals surface area (Å²) in [5.41, 5.74) is 6.35. The first-order valence-electron chi connectivity index (χ1n) is 8.90. The van der Waals surface area contributed by atoms with Crippen LogP contribution in [0.3, 0.4) is 0 Å². The average molecular weight is 420 g/mol. The fourth-order valence-corrected chi connectivity index (χ4v) is 4.12. The van der Waals surface area contributed by atoms with Crippen molar-refractivity contribution in [1.82, 2.24) is 0 Å². The fraction of sp³-hybridized carbons (Fsp3) is 0.130. The van der Waals surface area contributed by atoms with E-state index in [0.29, 0.717) is 5.92 Å². The molecule has 27 heavy (non-hydrogen) atoms. The number of rotatable bonds is 4. The van der Waals surface area contributed by atoms with Crippen molar-refractivity contribution in [3.05, 3.63) is 116 Å². The lowest BCUT2D eigenvalue weighted by atomic mass is 9.78. The van der Waals surface area contributed by atoms with Crippen LogP contribution in [0, 0.1) is 10.1 Å². The Bertz CT molecular complexity index is 1010. The first kappa shape index (κ1) is 17.7. The standard InChI is InChI=1S/C23H18BrNO2/c24-19-9-13-22-21(17-4-2-1-3-5-17)12-8-18(23(22)15-19)14-16-6-10-20(11-7-16)25(26)27/h1-7,9-13,15,18H,8,14H2. The molecule has 0 heterocycles. The lowest BCUT2D eigenvalue weighted by Gasteiger charge is -2.26. The van der Waals surface area contributed by atoms with Gasteiger partial charge in [0.25, 0.3) is 5.69 Å². The summed E-state index contributed by atoms with van der Waals surface area (Å²) in [6.45, 7) is 0. The molecule has 1 atom stereocenters. The molecule has 1 aliphatic carbocycles. The molecule has 4 heteroatoms. The van der Waals surface area contributed by atoms with Crippen LogP contribution in [-0.2, 0) is 6.42 Å². The second-order valence-electron chi connectivity index (χ2n) is 6.78. The molecule has 1 aliphatic rings. The molecule has 3 aromatic rings. The van der Waals surface area contributed by atoms with Gasteiger partial charge < -0.3 is 0 Å². The van der Waals surface area contributed by atoms with Gasteiger partial charge in [0.1, 0.15) is 0 Å². The third-order valence-corrected chi connectivity index (χ3v) is 5.56. The molecule has 4 rings (SSSR count). The Morgan fingerprint density at radius 1 is 1.00 bits per heavy atom. The molecule has 3 aromatic carbocycles. The molecule has 3 nitrogen and oxygen atoms in total. The van der Waals surface area contributed by atoms with Gasteiger partial charge in [-0.05, 0) is 58.7 Å². The van der Waals surface area contributed by atoms with E-state index in [0.717, 1.165) is 22.9 Å². The summed E-state index contributed by atoms with van der Waals surface area (Å²) in [5.74, 6) is 0.353. The molecule has 0 spiro atoms. The second kappa shape index (κ2) is 7.49. The Hall–Kier alpha value is -2.72. The summed E-state index contributed by atoms with van der Waals surface area (Å²) in [5, 5.41) is 10.9. The van der Waals surface area contributed by atoms with Crippen molar-refractivity contribution < 1.29 is 4.92 Å². The normalized spacial score (nSPS) is 15.7. The first-order chi connectivity index (χ1) is 13.1. The van der Waals surface area contributed by atoms with E-state index in [1.54, 1.807) is 12.1 Å². The van der Waals surface area contributed by atoms with Gasteiger partial charge in [-0.2, -0.15) is 0 Å². The van der Waals surface area contributed by atoms with E-state index in [2.05, 4.69) is 64.5 Å². The number of hydrogen-bond acceptors (Lipinski definition) is 2. The largest absolute Gasteiger partial charge is 0.269 e. The molecule has 0 saturated carbocycles. The lowest BCUT2D eigenvalue weighted by molar-refractivity contribution is -0.384. The molecule has 0 fully saturated rings. The van der Waals surface area contributed by atoms with Crippen LogP contribution in [0.15, 0.2) is 83.3 Å². The van der Waals surface area contributed by atoms with Crippen molar-refractivity contribution in [3.8, 4) is 0 Å². The monoisotopic (exact) mass is 419 g/mol. The summed E-state index contributed by atoms with van der Waals surface area (Å²) in [4.78, 5) is 10.5. The van der Waals surface area contributed by atoms with E-state index < -0.39 is 0 Å². The fourth-order valence-electron chi connectivity index (χ4n) is 3.74. The minimum absolute atomic E-state index is 0.136. The lowest BCUT2D eigenvalue weighted by Crippen LogP contribution is -2.10. The first-order valence-corrected chi connectivity index (χ1v) is 9.70. The van der Waals surface area contributed by atoms with Gasteiger partial charge in [-0.25, -0.2) is 0 Å². The quantitative estimate of drug-likeness (QED) is 0.356. The number of nitrogens with zero attached hydrogens (tertiary/aromatic N) is 1. The van der Waals surface area contributed by atoms with Crippen LogP contribution in [0.1, 0.15) is 34.6 Å². The van der Waals surface area contributed by atoms with E-state index in [-0.39, 0.29) is 10.6 Å². The SMILES string of the molecule is O=[N+]([O-])c1ccc(CC2CC=C(c3ccccc3)c3ccc(Br)cc32)cc1. The van der Waals surface area contributed by atoms with Crippen LogP contribution >= 0.6 is 15.9 Å². The van der Waals surface area contributed by atoms with Gasteiger partial charge >= 0.3 is 0 Å². The molecule has 0 N–H and O–H groups in total. The van der Waals surface area contributed by atoms with Gasteiger partial charge in [-0.1, -0.05) is 70.5 Å². The molecule has 0 aromatic heterocycles. The summed E-state index contributed by atoms with van der Waals surface area (Å²) >= 11 is 3.61. The molecule has 0 aliphatic heterocycles. The maximum Gasteiger partial charge on any atom is 0.269 e. The van der Waals surface area contributed by atoms with E-state index in [4.69, 9.17) is 0 Å². The van der Waals surface area contributed by atoms with E-state index in [9.17, 15) is 10.1 Å². The Morgan fingerprint density at radius 3 is 2.44 bits per heavy atom. The van der Waals surface area contributed by atoms with Crippen molar-refractivity contribution in [1.29, 1.82) is 0 Å². The van der Waals surface area contributed by atoms with E-state index in [1.165, 1.54) is 22.3 Å². The van der Waals surface area contributed by atoms with Crippen molar-refractivity contribution >= 4 is 27.2 Å². The average Bonchev–Trinajstić information content (AvgIpc) is 2.69. The zero-order valence-electron chi connectivity index (χ0n) is 14.6. The van der Waals surface area contributed by atoms with Gasteiger partial charge in [-0.15, -0.1) is 0 Å². The van der Waals surface area contributed by atoms with Crippen molar-refractivity contribution in [2.45, 2.75) is 18.8 Å². The van der Waals surface area contributed by atoms with Gasteiger partial charge in [0.2, 0.25) is 0 Å². The zero-order valence-corrected chi connectivity index (χ0v) is 16.2. The number of halogens is 1. The number of nitro benzene ring substituents is 1. The highest BCUT2D eigenvalue weighted by atomic mass is 79.9. The molecule has 1 unspecified atom stereocenters. The number of benzene rings is 3. The van der Waals surface area contributed by atoms with Crippen LogP contribution in [0.25, 0.3) is 5.57 Å². The number of nitro groups is 1. The van der Waals surface area contributed by atoms with Gasteiger partial charge in [-0.3, -0.25) is 10.1 Å². The van der Waals surface area contributed by atoms with Crippen LogP contribution in [0.2, 0.25) is 0 Å². The number of allylic oxidation sites excluding steroid dienone is 1. The number of fused-ring (bicyclic) bond motifs is 1. The predicted molar refractivity (Wildman–Crippen MR) is 112 cm³/mol. The molecule has 0 amide bonds. The van der Waals surface area contributed by atoms with Crippen LogP contribution in [0.4, 0.5) is 5.69 Å². The minimum Gasteiger partial charge on any atom is -0.258 e. The van der Waals surface area contributed by atoms with E-state index >= 15 is 0 Å². The minimum atomic E-state index is -0.355. The Labute approximate surface area is 166 Å². The summed E-state index contributed by atoms with van der Waals surface area (Å²) < 4.78 is 1.07. The maximum absolute atomic E-state index is 10.9. The van der Waals surface area contributed by atoms with Gasteiger partial charge in [0.15, 0.2) is 0 Å². The zero-order chi connectivity index (χ0) is 18.8. The summed E-state index contributed by atoms with van der Waals surface area (Å²) in [7, 11) is 0.